The van der Waals surface area contributed by atoms with E-state index >= 15 is 0 Å². The Morgan fingerprint density at radius 3 is 2.34 bits per heavy atom. The summed E-state index contributed by atoms with van der Waals surface area (Å²) >= 11 is 0. The summed E-state index contributed by atoms with van der Waals surface area (Å²) in [5, 5.41) is 7.76. The summed E-state index contributed by atoms with van der Waals surface area (Å²) in [5.41, 5.74) is 3.85. The van der Waals surface area contributed by atoms with Crippen LogP contribution in [0.1, 0.15) is 13.8 Å². The number of hydrogen-bond acceptors (Lipinski definition) is 9. The van der Waals surface area contributed by atoms with Crippen molar-refractivity contribution in [1.29, 1.82) is 0 Å². The molecule has 2 aliphatic heterocycles. The van der Waals surface area contributed by atoms with Gasteiger partial charge in [-0.05, 0) is 44.2 Å². The zero-order valence-corrected chi connectivity index (χ0v) is 26.7. The fourth-order valence-electron chi connectivity index (χ4n) is 6.49. The van der Waals surface area contributed by atoms with Gasteiger partial charge >= 0.3 is 0 Å². The number of furan rings is 1. The maximum Gasteiger partial charge on any atom is 0.259 e. The Balaban J connectivity index is 1.17. The molecule has 244 valence electrons. The van der Waals surface area contributed by atoms with Crippen molar-refractivity contribution in [2.45, 2.75) is 19.9 Å². The number of morpholine rings is 1. The van der Waals surface area contributed by atoms with Crippen LogP contribution in [0.15, 0.2) is 70.0 Å². The van der Waals surface area contributed by atoms with Gasteiger partial charge in [0, 0.05) is 74.1 Å². The van der Waals surface area contributed by atoms with Gasteiger partial charge in [0.25, 0.3) is 5.56 Å². The number of ether oxygens (including phenoxy) is 1. The summed E-state index contributed by atoms with van der Waals surface area (Å²) in [6.07, 6.45) is 1.72. The molecule has 0 spiro atoms. The molecule has 2 amide bonds. The van der Waals surface area contributed by atoms with Gasteiger partial charge < -0.3 is 24.7 Å². The van der Waals surface area contributed by atoms with Crippen molar-refractivity contribution in [2.24, 2.45) is 0 Å². The van der Waals surface area contributed by atoms with Gasteiger partial charge in [-0.1, -0.05) is 18.2 Å². The van der Waals surface area contributed by atoms with Gasteiger partial charge in [-0.3, -0.25) is 28.6 Å². The van der Waals surface area contributed by atoms with Crippen LogP contribution in [0.25, 0.3) is 38.7 Å². The van der Waals surface area contributed by atoms with E-state index in [0.29, 0.717) is 74.3 Å². The minimum absolute atomic E-state index is 0.0230. The normalized spacial score (nSPS) is 16.4. The predicted molar refractivity (Wildman–Crippen MR) is 182 cm³/mol. The second kappa shape index (κ2) is 13.1. The highest BCUT2D eigenvalue weighted by Gasteiger charge is 2.24. The smallest absolute Gasteiger partial charge is 0.259 e. The number of amides is 2. The molecule has 0 saturated carbocycles. The first kappa shape index (κ1) is 30.9. The van der Waals surface area contributed by atoms with Gasteiger partial charge in [-0.2, -0.15) is 0 Å². The molecule has 5 heterocycles. The highest BCUT2D eigenvalue weighted by Crippen LogP contribution is 2.41. The fourth-order valence-corrected chi connectivity index (χ4v) is 6.49. The van der Waals surface area contributed by atoms with Crippen molar-refractivity contribution in [3.05, 3.63) is 71.1 Å². The molecule has 2 aliphatic rings. The van der Waals surface area contributed by atoms with Crippen LogP contribution in [0.4, 0.5) is 11.5 Å². The Kier molecular flexibility index (Phi) is 8.63. The molecule has 3 aromatic heterocycles. The third-order valence-corrected chi connectivity index (χ3v) is 8.75. The summed E-state index contributed by atoms with van der Waals surface area (Å²) in [6.45, 7) is 9.86. The first-order valence-electron chi connectivity index (χ1n) is 16.2. The Morgan fingerprint density at radius 1 is 0.872 bits per heavy atom. The molecule has 0 unspecified atom stereocenters. The number of hydrogen-bond donors (Lipinski definition) is 2. The molecule has 2 fully saturated rings. The molecule has 0 bridgehead atoms. The quantitative estimate of drug-likeness (QED) is 0.264. The van der Waals surface area contributed by atoms with Crippen molar-refractivity contribution in [3.63, 3.8) is 0 Å². The SMILES string of the molecule is CC(C)NC(=O)CN1CCN(CC(=O)Nc2ccc(-c3cccn4c(=O)cc(N5CCOCC5)nc34)c3oc4ccccc4c23)CC1. The summed E-state index contributed by atoms with van der Waals surface area (Å²) in [6, 6.07) is 17.0. The van der Waals surface area contributed by atoms with E-state index in [1.165, 1.54) is 0 Å². The molecule has 0 aliphatic carbocycles. The van der Waals surface area contributed by atoms with Crippen LogP contribution in [0, 0.1) is 0 Å². The lowest BCUT2D eigenvalue weighted by Gasteiger charge is -2.34. The molecule has 47 heavy (non-hydrogen) atoms. The lowest BCUT2D eigenvalue weighted by atomic mass is 10.0. The summed E-state index contributed by atoms with van der Waals surface area (Å²) < 4.78 is 13.5. The van der Waals surface area contributed by atoms with Crippen LogP contribution in [0.3, 0.4) is 0 Å². The average Bonchev–Trinajstić information content (AvgIpc) is 3.46. The molecule has 5 aromatic rings. The van der Waals surface area contributed by atoms with Gasteiger partial charge in [-0.25, -0.2) is 4.98 Å². The number of piperazine rings is 1. The number of carbonyl (C=O) groups excluding carboxylic acids is 2. The largest absolute Gasteiger partial charge is 0.455 e. The van der Waals surface area contributed by atoms with Crippen LogP contribution < -0.4 is 21.1 Å². The number of nitrogens with zero attached hydrogens (tertiary/aromatic N) is 5. The summed E-state index contributed by atoms with van der Waals surface area (Å²) in [7, 11) is 0. The minimum atomic E-state index is -0.164. The average molecular weight is 638 g/mol. The monoisotopic (exact) mass is 637 g/mol. The molecule has 12 heteroatoms. The predicted octanol–water partition coefficient (Wildman–Crippen LogP) is 3.18. The lowest BCUT2D eigenvalue weighted by Crippen LogP contribution is -2.51. The van der Waals surface area contributed by atoms with E-state index in [9.17, 15) is 14.4 Å². The Bertz CT molecular complexity index is 2000. The Hall–Kier alpha value is -4.78. The first-order valence-corrected chi connectivity index (χ1v) is 16.2. The van der Waals surface area contributed by atoms with Crippen LogP contribution in [-0.2, 0) is 14.3 Å². The van der Waals surface area contributed by atoms with Crippen molar-refractivity contribution in [3.8, 4) is 11.1 Å². The third-order valence-electron chi connectivity index (χ3n) is 8.75. The molecule has 2 saturated heterocycles. The van der Waals surface area contributed by atoms with E-state index in [-0.39, 0.29) is 30.0 Å². The van der Waals surface area contributed by atoms with E-state index in [1.807, 2.05) is 62.4 Å². The molecular weight excluding hydrogens is 598 g/mol. The van der Waals surface area contributed by atoms with Crippen LogP contribution in [-0.4, -0.2) is 103 Å². The minimum Gasteiger partial charge on any atom is -0.455 e. The van der Waals surface area contributed by atoms with Crippen molar-refractivity contribution in [1.82, 2.24) is 24.5 Å². The van der Waals surface area contributed by atoms with Crippen LogP contribution >= 0.6 is 0 Å². The number of nitrogens with one attached hydrogen (secondary N) is 2. The highest BCUT2D eigenvalue weighted by molar-refractivity contribution is 6.18. The number of benzene rings is 2. The zero-order chi connectivity index (χ0) is 32.5. The van der Waals surface area contributed by atoms with Gasteiger partial charge in [0.05, 0.1) is 37.4 Å². The standard InChI is InChI=1S/C35H39N7O5/c1-23(2)36-30(43)21-39-12-14-40(15-13-39)22-31(44)37-27-10-9-24(34-33(27)26-6-3-4-8-28(26)47-34)25-7-5-11-42-32(45)20-29(38-35(25)42)41-16-18-46-19-17-41/h3-11,20,23H,12-19,21-22H2,1-2H3,(H,36,43)(H,37,44). The fraction of sp³-hybridized carbons (Fsp3) is 0.371. The van der Waals surface area contributed by atoms with Crippen LogP contribution in [0.5, 0.6) is 0 Å². The van der Waals surface area contributed by atoms with Crippen molar-refractivity contribution < 1.29 is 18.7 Å². The van der Waals surface area contributed by atoms with Gasteiger partial charge in [0.2, 0.25) is 11.8 Å². The molecule has 2 N–H and O–H groups in total. The van der Waals surface area contributed by atoms with Gasteiger partial charge in [0.15, 0.2) is 0 Å². The molecule has 0 atom stereocenters. The van der Waals surface area contributed by atoms with E-state index < -0.39 is 0 Å². The zero-order valence-electron chi connectivity index (χ0n) is 26.7. The Labute approximate surface area is 271 Å². The number of anilines is 2. The van der Waals surface area contributed by atoms with E-state index in [2.05, 4.69) is 25.3 Å². The van der Waals surface area contributed by atoms with Crippen LogP contribution in [0.2, 0.25) is 0 Å². The Morgan fingerprint density at radius 2 is 1.60 bits per heavy atom. The number of aromatic nitrogens is 2. The molecule has 2 aromatic carbocycles. The summed E-state index contributed by atoms with van der Waals surface area (Å²) in [4.78, 5) is 50.1. The number of fused-ring (bicyclic) bond motifs is 4. The number of rotatable bonds is 8. The number of para-hydroxylation sites is 1. The molecular formula is C35H39N7O5. The van der Waals surface area contributed by atoms with Gasteiger partial charge in [0.1, 0.15) is 22.6 Å². The van der Waals surface area contributed by atoms with Crippen molar-refractivity contribution >= 4 is 50.9 Å². The second-order valence-corrected chi connectivity index (χ2v) is 12.5. The lowest BCUT2D eigenvalue weighted by molar-refractivity contribution is -0.124. The van der Waals surface area contributed by atoms with E-state index in [4.69, 9.17) is 14.1 Å². The highest BCUT2D eigenvalue weighted by atomic mass is 16.5. The molecule has 12 nitrogen and oxygen atoms in total. The van der Waals surface area contributed by atoms with E-state index in [0.717, 1.165) is 35.0 Å². The maximum absolute atomic E-state index is 13.4. The first-order chi connectivity index (χ1) is 22.8. The molecule has 7 rings (SSSR count). The van der Waals surface area contributed by atoms with Crippen molar-refractivity contribution in [2.75, 3.05) is 75.8 Å². The van der Waals surface area contributed by atoms with Gasteiger partial charge in [-0.15, -0.1) is 0 Å². The number of pyridine rings is 1. The third kappa shape index (κ3) is 6.44. The number of carbonyl (C=O) groups is 2. The maximum atomic E-state index is 13.4. The van der Waals surface area contributed by atoms with E-state index in [1.54, 1.807) is 16.7 Å². The molecule has 0 radical (unpaired) electrons. The summed E-state index contributed by atoms with van der Waals surface area (Å²) in [5.74, 6) is 0.522. The second-order valence-electron chi connectivity index (χ2n) is 12.5. The topological polar surface area (TPSA) is 125 Å².